The van der Waals surface area contributed by atoms with Crippen LogP contribution in [0.5, 0.6) is 23.0 Å². The van der Waals surface area contributed by atoms with Gasteiger partial charge in [-0.15, -0.1) is 0 Å². The molecule has 3 aliphatic rings. The van der Waals surface area contributed by atoms with E-state index in [-0.39, 0.29) is 12.3 Å². The molecule has 0 unspecified atom stereocenters. The third kappa shape index (κ3) is 4.37. The zero-order valence-electron chi connectivity index (χ0n) is 33.6. The molecule has 14 rings (SSSR count). The van der Waals surface area contributed by atoms with Gasteiger partial charge in [0.1, 0.15) is 16.7 Å². The lowest BCUT2D eigenvalue weighted by molar-refractivity contribution is 0.360. The minimum atomic E-state index is -0.273. The van der Waals surface area contributed by atoms with Crippen molar-refractivity contribution in [1.29, 1.82) is 0 Å². The maximum Gasteiger partial charge on any atom is 0.333 e. The van der Waals surface area contributed by atoms with Crippen LogP contribution in [-0.2, 0) is 5.41 Å². The fraction of sp³-hybridized carbons (Fsp3) is 0.0741. The summed E-state index contributed by atoms with van der Waals surface area (Å²) in [5.74, 6) is 2.72. The van der Waals surface area contributed by atoms with Crippen molar-refractivity contribution in [2.24, 2.45) is 0 Å². The Balaban J connectivity index is 1.19. The molecule has 0 fully saturated rings. The Morgan fingerprint density at radius 2 is 1.18 bits per heavy atom. The summed E-state index contributed by atoms with van der Waals surface area (Å²) < 4.78 is 29.8. The average molecular weight is 787 g/mol. The summed E-state index contributed by atoms with van der Waals surface area (Å²) in [5, 5.41) is 4.30. The molecular formula is C54H35BN2O4. The second-order valence-electron chi connectivity index (χ2n) is 17.6. The summed E-state index contributed by atoms with van der Waals surface area (Å²) in [7, 11) is 0. The van der Waals surface area contributed by atoms with Gasteiger partial charge in [-0.05, 0) is 93.7 Å². The van der Waals surface area contributed by atoms with Crippen molar-refractivity contribution in [2.45, 2.75) is 26.2 Å². The Kier molecular flexibility index (Phi) is 6.29. The van der Waals surface area contributed by atoms with E-state index in [1.54, 1.807) is 0 Å². The van der Waals surface area contributed by atoms with Gasteiger partial charge < -0.3 is 27.7 Å². The number of furan rings is 2. The normalized spacial score (nSPS) is 13.7. The zero-order valence-corrected chi connectivity index (χ0v) is 33.6. The molecule has 8 aromatic carbocycles. The van der Waals surface area contributed by atoms with Crippen molar-refractivity contribution in [3.63, 3.8) is 0 Å². The van der Waals surface area contributed by atoms with Gasteiger partial charge >= 0.3 is 6.85 Å². The van der Waals surface area contributed by atoms with E-state index in [9.17, 15) is 0 Å². The predicted octanol–water partition coefficient (Wildman–Crippen LogP) is 13.7. The average Bonchev–Trinajstić information content (AvgIpc) is 3.96. The van der Waals surface area contributed by atoms with Crippen LogP contribution in [0.25, 0.3) is 77.2 Å². The van der Waals surface area contributed by atoms with Crippen LogP contribution in [0.4, 0.5) is 17.1 Å². The van der Waals surface area contributed by atoms with Crippen molar-refractivity contribution in [2.75, 3.05) is 4.90 Å². The number of rotatable bonds is 2. The molecule has 6 heterocycles. The standard InChI is InChI=1S/C54H35BN2O4/c1-54(2,3)31-24-25-39(36(26-31)30-14-5-4-6-15-30)56-40-29-46-45(59-43-22-11-12-23-44(43)60-46)28-38(40)55-49-37(27-47-48(52(49)56)33-16-7-9-20-41(33)58-47)32-18-13-19-35-50(32)57(55)51-34-17-8-10-21-42(34)61-53(35)51/h4-29H,1-3H3. The molecule has 61 heavy (non-hydrogen) atoms. The van der Waals surface area contributed by atoms with Gasteiger partial charge in [0.2, 0.25) is 0 Å². The monoisotopic (exact) mass is 786 g/mol. The predicted molar refractivity (Wildman–Crippen MR) is 248 cm³/mol. The Hall–Kier alpha value is -7.64. The molecule has 0 atom stereocenters. The fourth-order valence-corrected chi connectivity index (χ4v) is 10.5. The first kappa shape index (κ1) is 33.2. The van der Waals surface area contributed by atoms with Gasteiger partial charge in [-0.1, -0.05) is 112 Å². The molecule has 0 spiro atoms. The summed E-state index contributed by atoms with van der Waals surface area (Å²) in [6.07, 6.45) is 0. The number of aromatic nitrogens is 1. The number of hydrogen-bond donors (Lipinski definition) is 0. The maximum atomic E-state index is 6.89. The molecule has 0 amide bonds. The van der Waals surface area contributed by atoms with Crippen LogP contribution in [0.15, 0.2) is 167 Å². The lowest BCUT2D eigenvalue weighted by atomic mass is 9.45. The molecule has 7 heteroatoms. The van der Waals surface area contributed by atoms with E-state index in [4.69, 9.17) is 18.3 Å². The third-order valence-corrected chi connectivity index (χ3v) is 13.2. The summed E-state index contributed by atoms with van der Waals surface area (Å²) >= 11 is 0. The van der Waals surface area contributed by atoms with Crippen LogP contribution < -0.4 is 25.3 Å². The van der Waals surface area contributed by atoms with E-state index >= 15 is 0 Å². The topological polar surface area (TPSA) is 52.9 Å². The van der Waals surface area contributed by atoms with Gasteiger partial charge in [-0.3, -0.25) is 0 Å². The van der Waals surface area contributed by atoms with E-state index in [1.807, 2.05) is 30.3 Å². The SMILES string of the molecule is CC(C)(C)c1ccc(N2c3cc4c(cc3B3c5c(cc6oc7ccccc7c6c52)-c2cccc5c6oc7ccccc7c6n3c25)Oc2ccccc2O4)c(-c2ccccc2)c1. The highest BCUT2D eigenvalue weighted by molar-refractivity contribution is 6.90. The maximum absolute atomic E-state index is 6.89. The Labute approximate surface area is 350 Å². The minimum Gasteiger partial charge on any atom is -0.456 e. The molecule has 6 nitrogen and oxygen atoms in total. The lowest BCUT2D eigenvalue weighted by Crippen LogP contribution is -2.56. The van der Waals surface area contributed by atoms with Crippen LogP contribution in [0.2, 0.25) is 0 Å². The van der Waals surface area contributed by atoms with Crippen LogP contribution >= 0.6 is 0 Å². The van der Waals surface area contributed by atoms with Gasteiger partial charge in [0.15, 0.2) is 28.6 Å². The Morgan fingerprint density at radius 3 is 1.97 bits per heavy atom. The van der Waals surface area contributed by atoms with Crippen molar-refractivity contribution >= 4 is 89.7 Å². The van der Waals surface area contributed by atoms with Crippen LogP contribution in [-0.4, -0.2) is 11.3 Å². The highest BCUT2D eigenvalue weighted by Crippen LogP contribution is 2.55. The second kappa shape index (κ2) is 11.6. The molecule has 0 aliphatic carbocycles. The summed E-state index contributed by atoms with van der Waals surface area (Å²) in [6.45, 7) is 6.57. The van der Waals surface area contributed by atoms with Crippen molar-refractivity contribution in [3.05, 3.63) is 163 Å². The largest absolute Gasteiger partial charge is 0.456 e. The summed E-state index contributed by atoms with van der Waals surface area (Å²) in [5.41, 5.74) is 16.9. The minimum absolute atomic E-state index is 0.0766. The highest BCUT2D eigenvalue weighted by atomic mass is 16.6. The van der Waals surface area contributed by atoms with Crippen LogP contribution in [0.3, 0.4) is 0 Å². The molecule has 288 valence electrons. The van der Waals surface area contributed by atoms with Gasteiger partial charge in [0, 0.05) is 44.6 Å². The quantitative estimate of drug-likeness (QED) is 0.163. The van der Waals surface area contributed by atoms with Crippen LogP contribution in [0, 0.1) is 0 Å². The molecule has 0 N–H and O–H groups in total. The Morgan fingerprint density at radius 1 is 0.492 bits per heavy atom. The van der Waals surface area contributed by atoms with E-state index in [0.29, 0.717) is 23.0 Å². The van der Waals surface area contributed by atoms with E-state index in [0.717, 1.165) is 99.7 Å². The number of fused-ring (bicyclic) bond motifs is 15. The van der Waals surface area contributed by atoms with E-state index in [1.165, 1.54) is 11.0 Å². The van der Waals surface area contributed by atoms with Gasteiger partial charge in [0.25, 0.3) is 0 Å². The molecule has 0 saturated carbocycles. The molecule has 0 radical (unpaired) electrons. The van der Waals surface area contributed by atoms with Crippen molar-refractivity contribution in [1.82, 2.24) is 4.48 Å². The molecule has 0 saturated heterocycles. The number of nitrogens with zero attached hydrogens (tertiary/aromatic N) is 2. The number of ether oxygens (including phenoxy) is 2. The molecule has 0 bridgehead atoms. The van der Waals surface area contributed by atoms with Gasteiger partial charge in [0.05, 0.1) is 22.3 Å². The smallest absolute Gasteiger partial charge is 0.333 e. The molecular weight excluding hydrogens is 751 g/mol. The number of para-hydroxylation sites is 5. The van der Waals surface area contributed by atoms with Crippen LogP contribution in [0.1, 0.15) is 26.3 Å². The summed E-state index contributed by atoms with van der Waals surface area (Å²) in [4.78, 5) is 2.49. The first-order valence-corrected chi connectivity index (χ1v) is 20.9. The first-order valence-electron chi connectivity index (χ1n) is 20.9. The molecule has 3 aromatic heterocycles. The van der Waals surface area contributed by atoms with E-state index in [2.05, 4.69) is 158 Å². The number of hydrogen-bond acceptors (Lipinski definition) is 5. The Bertz CT molecular complexity index is 3720. The highest BCUT2D eigenvalue weighted by Gasteiger charge is 2.46. The zero-order chi connectivity index (χ0) is 40.3. The molecule has 11 aromatic rings. The van der Waals surface area contributed by atoms with Crippen molar-refractivity contribution in [3.8, 4) is 45.3 Å². The first-order chi connectivity index (χ1) is 29.9. The fourth-order valence-electron chi connectivity index (χ4n) is 10.5. The summed E-state index contributed by atoms with van der Waals surface area (Å²) in [6, 6.07) is 55.9. The third-order valence-electron chi connectivity index (χ3n) is 13.2. The van der Waals surface area contributed by atoms with Gasteiger partial charge in [-0.25, -0.2) is 0 Å². The second-order valence-corrected chi connectivity index (χ2v) is 17.6. The number of benzene rings is 8. The van der Waals surface area contributed by atoms with Gasteiger partial charge in [-0.2, -0.15) is 0 Å². The number of anilines is 3. The lowest BCUT2D eigenvalue weighted by Gasteiger charge is -2.42. The van der Waals surface area contributed by atoms with E-state index < -0.39 is 0 Å². The van der Waals surface area contributed by atoms with Crippen molar-refractivity contribution < 1.29 is 18.3 Å². The molecule has 3 aliphatic heterocycles.